The predicted octanol–water partition coefficient (Wildman–Crippen LogP) is 0.876. The molecule has 1 atom stereocenters. The van der Waals surface area contributed by atoms with Crippen molar-refractivity contribution in [3.8, 4) is 0 Å². The van der Waals surface area contributed by atoms with Crippen LogP contribution in [0.3, 0.4) is 0 Å². The zero-order valence-corrected chi connectivity index (χ0v) is 10.7. The second-order valence-electron chi connectivity index (χ2n) is 3.62. The maximum Gasteiger partial charge on any atom is 0.263 e. The first-order chi connectivity index (χ1) is 7.91. The normalized spacial score (nSPS) is 13.9. The average molecular weight is 262 g/mol. The topological polar surface area (TPSA) is 59.5 Å². The minimum absolute atomic E-state index is 0.226. The van der Waals surface area contributed by atoms with Gasteiger partial charge >= 0.3 is 0 Å². The molecule has 0 fully saturated rings. The first-order valence-electron chi connectivity index (χ1n) is 4.98. The van der Waals surface area contributed by atoms with Crippen LogP contribution < -0.4 is 0 Å². The molecular weight excluding hydrogens is 247 g/mol. The van der Waals surface area contributed by atoms with Crippen molar-refractivity contribution in [2.24, 2.45) is 0 Å². The van der Waals surface area contributed by atoms with Gasteiger partial charge in [0.2, 0.25) is 5.03 Å². The van der Waals surface area contributed by atoms with Gasteiger partial charge < -0.3 is 4.74 Å². The van der Waals surface area contributed by atoms with Crippen molar-refractivity contribution in [1.82, 2.24) is 9.29 Å². The summed E-state index contributed by atoms with van der Waals surface area (Å²) in [5, 5.41) is -0.564. The van der Waals surface area contributed by atoms with E-state index in [1.54, 1.807) is 6.92 Å². The largest absolute Gasteiger partial charge is 0.383 e. The lowest BCUT2D eigenvalue weighted by Gasteiger charge is -2.23. The first-order valence-corrected chi connectivity index (χ1v) is 6.42. The SMILES string of the molecule is COCC(C)N(C)S(=O)(=O)c1ncccc1F. The van der Waals surface area contributed by atoms with Crippen LogP contribution in [0.25, 0.3) is 0 Å². The van der Waals surface area contributed by atoms with Gasteiger partial charge in [-0.05, 0) is 19.1 Å². The van der Waals surface area contributed by atoms with Crippen molar-refractivity contribution in [3.63, 3.8) is 0 Å². The van der Waals surface area contributed by atoms with E-state index in [1.807, 2.05) is 0 Å². The molecule has 1 heterocycles. The Morgan fingerprint density at radius 3 is 2.76 bits per heavy atom. The Labute approximate surface area is 100 Å². The molecule has 0 saturated carbocycles. The van der Waals surface area contributed by atoms with E-state index >= 15 is 0 Å². The van der Waals surface area contributed by atoms with Crippen LogP contribution in [0.5, 0.6) is 0 Å². The van der Waals surface area contributed by atoms with E-state index < -0.39 is 26.9 Å². The molecule has 7 heteroatoms. The molecule has 0 aliphatic rings. The minimum atomic E-state index is -3.92. The number of likely N-dealkylation sites (N-methyl/N-ethyl adjacent to an activating group) is 1. The van der Waals surface area contributed by atoms with Crippen molar-refractivity contribution >= 4 is 10.0 Å². The predicted molar refractivity (Wildman–Crippen MR) is 60.5 cm³/mol. The Kier molecular flexibility index (Phi) is 4.55. The molecule has 17 heavy (non-hydrogen) atoms. The quantitative estimate of drug-likeness (QED) is 0.790. The molecule has 1 unspecified atom stereocenters. The lowest BCUT2D eigenvalue weighted by atomic mass is 10.4. The Morgan fingerprint density at radius 2 is 2.24 bits per heavy atom. The number of pyridine rings is 1. The van der Waals surface area contributed by atoms with E-state index in [0.717, 1.165) is 10.4 Å². The molecule has 0 bridgehead atoms. The van der Waals surface area contributed by atoms with E-state index in [9.17, 15) is 12.8 Å². The highest BCUT2D eigenvalue weighted by atomic mass is 32.2. The van der Waals surface area contributed by atoms with Crippen molar-refractivity contribution in [2.75, 3.05) is 20.8 Å². The first kappa shape index (κ1) is 14.0. The highest BCUT2D eigenvalue weighted by molar-refractivity contribution is 7.89. The molecule has 0 spiro atoms. The number of methoxy groups -OCH3 is 1. The lowest BCUT2D eigenvalue weighted by molar-refractivity contribution is 0.149. The Morgan fingerprint density at radius 1 is 1.59 bits per heavy atom. The number of hydrogen-bond acceptors (Lipinski definition) is 4. The van der Waals surface area contributed by atoms with E-state index in [0.29, 0.717) is 0 Å². The van der Waals surface area contributed by atoms with Crippen LogP contribution >= 0.6 is 0 Å². The summed E-state index contributed by atoms with van der Waals surface area (Å²) >= 11 is 0. The molecule has 0 amide bonds. The van der Waals surface area contributed by atoms with Gasteiger partial charge in [0.15, 0.2) is 5.82 Å². The van der Waals surface area contributed by atoms with Crippen molar-refractivity contribution in [2.45, 2.75) is 18.0 Å². The molecule has 1 aromatic rings. The lowest BCUT2D eigenvalue weighted by Crippen LogP contribution is -2.38. The second kappa shape index (κ2) is 5.52. The van der Waals surface area contributed by atoms with Gasteiger partial charge in [-0.15, -0.1) is 0 Å². The smallest absolute Gasteiger partial charge is 0.263 e. The number of sulfonamides is 1. The number of hydrogen-bond donors (Lipinski definition) is 0. The third kappa shape index (κ3) is 2.99. The molecule has 96 valence electrons. The van der Waals surface area contributed by atoms with Crippen molar-refractivity contribution in [1.29, 1.82) is 0 Å². The standard InChI is InChI=1S/C10H15FN2O3S/c1-8(7-16-3)13(2)17(14,15)10-9(11)5-4-6-12-10/h4-6,8H,7H2,1-3H3. The monoisotopic (exact) mass is 262 g/mol. The zero-order valence-electron chi connectivity index (χ0n) is 9.92. The van der Waals surface area contributed by atoms with Gasteiger partial charge in [0.05, 0.1) is 6.61 Å². The molecule has 1 rings (SSSR count). The second-order valence-corrected chi connectivity index (χ2v) is 5.53. The summed E-state index contributed by atoms with van der Waals surface area (Å²) in [5.74, 6) is -0.857. The molecule has 5 nitrogen and oxygen atoms in total. The van der Waals surface area contributed by atoms with E-state index in [-0.39, 0.29) is 6.61 Å². The van der Waals surface area contributed by atoms with Crippen LogP contribution in [0, 0.1) is 5.82 Å². The molecule has 0 aliphatic heterocycles. The Hall–Kier alpha value is -1.05. The van der Waals surface area contributed by atoms with Gasteiger partial charge in [0.25, 0.3) is 10.0 Å². The molecule has 1 aromatic heterocycles. The van der Waals surface area contributed by atoms with Gasteiger partial charge in [0, 0.05) is 26.4 Å². The van der Waals surface area contributed by atoms with Crippen LogP contribution in [0.1, 0.15) is 6.92 Å². The van der Waals surface area contributed by atoms with Crippen LogP contribution in [0.2, 0.25) is 0 Å². The van der Waals surface area contributed by atoms with Crippen LogP contribution in [0.15, 0.2) is 23.4 Å². The Bertz CT molecular complexity index is 478. The minimum Gasteiger partial charge on any atom is -0.383 e. The summed E-state index contributed by atoms with van der Waals surface area (Å²) in [7, 11) is -1.09. The van der Waals surface area contributed by atoms with Gasteiger partial charge in [-0.25, -0.2) is 17.8 Å². The summed E-state index contributed by atoms with van der Waals surface area (Å²) in [5.41, 5.74) is 0. The zero-order chi connectivity index (χ0) is 13.1. The fourth-order valence-corrected chi connectivity index (χ4v) is 2.60. The Balaban J connectivity index is 3.08. The number of aromatic nitrogens is 1. The number of nitrogens with zero attached hydrogens (tertiary/aromatic N) is 2. The highest BCUT2D eigenvalue weighted by Crippen LogP contribution is 2.17. The summed E-state index contributed by atoms with van der Waals surface area (Å²) in [6.45, 7) is 1.89. The third-order valence-corrected chi connectivity index (χ3v) is 4.28. The molecular formula is C10H15FN2O3S. The summed E-state index contributed by atoms with van der Waals surface area (Å²) < 4.78 is 43.4. The third-order valence-electron chi connectivity index (χ3n) is 2.38. The molecule has 0 saturated heterocycles. The van der Waals surface area contributed by atoms with Gasteiger partial charge in [0.1, 0.15) is 0 Å². The van der Waals surface area contributed by atoms with Gasteiger partial charge in [-0.1, -0.05) is 0 Å². The molecule has 0 aliphatic carbocycles. The fraction of sp³-hybridized carbons (Fsp3) is 0.500. The van der Waals surface area contributed by atoms with Gasteiger partial charge in [-0.2, -0.15) is 4.31 Å². The van der Waals surface area contributed by atoms with Crippen molar-refractivity contribution in [3.05, 3.63) is 24.1 Å². The number of rotatable bonds is 5. The van der Waals surface area contributed by atoms with Gasteiger partial charge in [-0.3, -0.25) is 0 Å². The molecule has 0 aromatic carbocycles. The molecule has 0 radical (unpaired) electrons. The van der Waals surface area contributed by atoms with Crippen LogP contribution in [-0.4, -0.2) is 44.5 Å². The van der Waals surface area contributed by atoms with E-state index in [2.05, 4.69) is 4.98 Å². The number of halogens is 1. The molecule has 0 N–H and O–H groups in total. The maximum absolute atomic E-state index is 13.4. The van der Waals surface area contributed by atoms with E-state index in [1.165, 1.54) is 26.4 Å². The highest BCUT2D eigenvalue weighted by Gasteiger charge is 2.29. The van der Waals surface area contributed by atoms with E-state index in [4.69, 9.17) is 4.74 Å². The summed E-state index contributed by atoms with van der Waals surface area (Å²) in [4.78, 5) is 3.57. The maximum atomic E-state index is 13.4. The summed E-state index contributed by atoms with van der Waals surface area (Å²) in [6, 6.07) is 2.01. The summed E-state index contributed by atoms with van der Waals surface area (Å²) in [6.07, 6.45) is 1.24. The fourth-order valence-electron chi connectivity index (χ4n) is 1.28. The van der Waals surface area contributed by atoms with Crippen LogP contribution in [-0.2, 0) is 14.8 Å². The van der Waals surface area contributed by atoms with Crippen LogP contribution in [0.4, 0.5) is 4.39 Å². The number of ether oxygens (including phenoxy) is 1. The van der Waals surface area contributed by atoms with Crippen molar-refractivity contribution < 1.29 is 17.5 Å². The average Bonchev–Trinajstić information content (AvgIpc) is 2.28.